The SMILES string of the molecule is O=C(c1cc(F)ccc1F)N1CCC(OCC2CC2)C1. The van der Waals surface area contributed by atoms with Crippen LogP contribution in [0, 0.1) is 17.6 Å². The fourth-order valence-corrected chi connectivity index (χ4v) is 2.44. The van der Waals surface area contributed by atoms with Gasteiger partial charge in [-0.3, -0.25) is 4.79 Å². The molecule has 0 bridgehead atoms. The lowest BCUT2D eigenvalue weighted by atomic mass is 10.2. The molecule has 1 atom stereocenters. The zero-order valence-electron chi connectivity index (χ0n) is 11.1. The molecule has 1 saturated heterocycles. The van der Waals surface area contributed by atoms with Crippen LogP contribution in [0.25, 0.3) is 0 Å². The normalized spacial score (nSPS) is 22.3. The molecule has 5 heteroatoms. The van der Waals surface area contributed by atoms with E-state index in [1.807, 2.05) is 0 Å². The highest BCUT2D eigenvalue weighted by Gasteiger charge is 2.30. The Morgan fingerprint density at radius 3 is 2.85 bits per heavy atom. The average molecular weight is 281 g/mol. The van der Waals surface area contributed by atoms with Crippen LogP contribution < -0.4 is 0 Å². The summed E-state index contributed by atoms with van der Waals surface area (Å²) in [6.07, 6.45) is 3.24. The van der Waals surface area contributed by atoms with Crippen molar-refractivity contribution in [3.63, 3.8) is 0 Å². The summed E-state index contributed by atoms with van der Waals surface area (Å²) in [4.78, 5) is 13.7. The summed E-state index contributed by atoms with van der Waals surface area (Å²) in [7, 11) is 0. The van der Waals surface area contributed by atoms with Gasteiger partial charge in [-0.25, -0.2) is 8.78 Å². The summed E-state index contributed by atoms with van der Waals surface area (Å²) >= 11 is 0. The van der Waals surface area contributed by atoms with Gasteiger partial charge in [-0.05, 0) is 43.4 Å². The summed E-state index contributed by atoms with van der Waals surface area (Å²) in [6, 6.07) is 2.95. The van der Waals surface area contributed by atoms with Crippen LogP contribution in [0.4, 0.5) is 8.78 Å². The molecule has 1 aliphatic heterocycles. The monoisotopic (exact) mass is 281 g/mol. The lowest BCUT2D eigenvalue weighted by Gasteiger charge is -2.17. The van der Waals surface area contributed by atoms with Crippen molar-refractivity contribution in [2.75, 3.05) is 19.7 Å². The quantitative estimate of drug-likeness (QED) is 0.849. The van der Waals surface area contributed by atoms with Crippen LogP contribution in [-0.2, 0) is 4.74 Å². The zero-order chi connectivity index (χ0) is 14.1. The third kappa shape index (κ3) is 2.98. The first-order valence-corrected chi connectivity index (χ1v) is 6.99. The standard InChI is InChI=1S/C15H17F2NO2/c16-11-3-4-14(17)13(7-11)15(19)18-6-5-12(8-18)20-9-10-1-2-10/h3-4,7,10,12H,1-2,5-6,8-9H2. The number of carbonyl (C=O) groups is 1. The highest BCUT2D eigenvalue weighted by Crippen LogP contribution is 2.30. The minimum atomic E-state index is -0.682. The van der Waals surface area contributed by atoms with E-state index in [0.29, 0.717) is 19.0 Å². The number of rotatable bonds is 4. The van der Waals surface area contributed by atoms with Crippen LogP contribution in [0.5, 0.6) is 0 Å². The largest absolute Gasteiger partial charge is 0.376 e. The van der Waals surface area contributed by atoms with Crippen LogP contribution in [0.1, 0.15) is 29.6 Å². The Morgan fingerprint density at radius 2 is 2.10 bits per heavy atom. The predicted octanol–water partition coefficient (Wildman–Crippen LogP) is 2.61. The number of hydrogen-bond donors (Lipinski definition) is 0. The molecule has 3 rings (SSSR count). The Balaban J connectivity index is 1.61. The number of benzene rings is 1. The number of halogens is 2. The van der Waals surface area contributed by atoms with Crippen molar-refractivity contribution in [3.05, 3.63) is 35.4 Å². The number of amides is 1. The second-order valence-corrected chi connectivity index (χ2v) is 5.56. The molecule has 1 amide bonds. The maximum atomic E-state index is 13.6. The highest BCUT2D eigenvalue weighted by atomic mass is 19.1. The molecule has 3 nitrogen and oxygen atoms in total. The number of nitrogens with zero attached hydrogens (tertiary/aromatic N) is 1. The lowest BCUT2D eigenvalue weighted by Crippen LogP contribution is -2.31. The summed E-state index contributed by atoms with van der Waals surface area (Å²) < 4.78 is 32.4. The molecule has 2 fully saturated rings. The fourth-order valence-electron chi connectivity index (χ4n) is 2.44. The second kappa shape index (κ2) is 5.48. The molecule has 0 aromatic heterocycles. The molecule has 1 unspecified atom stereocenters. The highest BCUT2D eigenvalue weighted by molar-refractivity contribution is 5.94. The Kier molecular flexibility index (Phi) is 3.70. The van der Waals surface area contributed by atoms with E-state index in [-0.39, 0.29) is 11.7 Å². The van der Waals surface area contributed by atoms with Crippen LogP contribution in [0.15, 0.2) is 18.2 Å². The third-order valence-corrected chi connectivity index (χ3v) is 3.86. The van der Waals surface area contributed by atoms with E-state index in [1.165, 1.54) is 17.7 Å². The minimum absolute atomic E-state index is 0.0242. The van der Waals surface area contributed by atoms with Gasteiger partial charge in [-0.1, -0.05) is 0 Å². The summed E-state index contributed by atoms with van der Waals surface area (Å²) in [5, 5.41) is 0. The number of carbonyl (C=O) groups excluding carboxylic acids is 1. The summed E-state index contributed by atoms with van der Waals surface area (Å²) in [5.41, 5.74) is -0.201. The van der Waals surface area contributed by atoms with Crippen molar-refractivity contribution in [2.45, 2.75) is 25.4 Å². The van der Waals surface area contributed by atoms with Gasteiger partial charge in [0.1, 0.15) is 11.6 Å². The first-order valence-electron chi connectivity index (χ1n) is 6.99. The Labute approximate surface area is 116 Å². The van der Waals surface area contributed by atoms with Gasteiger partial charge in [0.25, 0.3) is 5.91 Å². The van der Waals surface area contributed by atoms with E-state index >= 15 is 0 Å². The van der Waals surface area contributed by atoms with Gasteiger partial charge in [0.2, 0.25) is 0 Å². The van der Waals surface area contributed by atoms with Gasteiger partial charge in [0, 0.05) is 19.7 Å². The van der Waals surface area contributed by atoms with E-state index in [9.17, 15) is 13.6 Å². The second-order valence-electron chi connectivity index (χ2n) is 5.56. The Morgan fingerprint density at radius 1 is 1.30 bits per heavy atom. The van der Waals surface area contributed by atoms with Crippen molar-refractivity contribution in [3.8, 4) is 0 Å². The van der Waals surface area contributed by atoms with Crippen molar-refractivity contribution >= 4 is 5.91 Å². The maximum absolute atomic E-state index is 13.6. The lowest BCUT2D eigenvalue weighted by molar-refractivity contribution is 0.0479. The molecule has 0 spiro atoms. The molecule has 20 heavy (non-hydrogen) atoms. The Bertz CT molecular complexity index is 517. The third-order valence-electron chi connectivity index (χ3n) is 3.86. The molecule has 1 aromatic rings. The van der Waals surface area contributed by atoms with E-state index in [0.717, 1.165) is 31.2 Å². The molecule has 108 valence electrons. The first kappa shape index (κ1) is 13.5. The molecule has 2 aliphatic rings. The molecular weight excluding hydrogens is 264 g/mol. The molecule has 0 radical (unpaired) electrons. The zero-order valence-corrected chi connectivity index (χ0v) is 11.1. The van der Waals surface area contributed by atoms with Gasteiger partial charge < -0.3 is 9.64 Å². The smallest absolute Gasteiger partial charge is 0.257 e. The first-order chi connectivity index (χ1) is 9.63. The molecule has 1 aliphatic carbocycles. The Hall–Kier alpha value is -1.49. The number of likely N-dealkylation sites (tertiary alicyclic amines) is 1. The van der Waals surface area contributed by atoms with Crippen LogP contribution in [0.3, 0.4) is 0 Å². The van der Waals surface area contributed by atoms with E-state index in [4.69, 9.17) is 4.74 Å². The average Bonchev–Trinajstić information content (AvgIpc) is 3.15. The minimum Gasteiger partial charge on any atom is -0.376 e. The van der Waals surface area contributed by atoms with Crippen molar-refractivity contribution in [1.82, 2.24) is 4.90 Å². The summed E-state index contributed by atoms with van der Waals surface area (Å²) in [5.74, 6) is -1.06. The predicted molar refractivity (Wildman–Crippen MR) is 69.3 cm³/mol. The summed E-state index contributed by atoms with van der Waals surface area (Å²) in [6.45, 7) is 1.74. The van der Waals surface area contributed by atoms with E-state index < -0.39 is 17.5 Å². The molecule has 1 heterocycles. The molecular formula is C15H17F2NO2. The van der Waals surface area contributed by atoms with Gasteiger partial charge >= 0.3 is 0 Å². The van der Waals surface area contributed by atoms with Crippen molar-refractivity contribution < 1.29 is 18.3 Å². The van der Waals surface area contributed by atoms with Crippen LogP contribution >= 0.6 is 0 Å². The molecule has 1 aromatic carbocycles. The molecule has 1 saturated carbocycles. The molecule has 0 N–H and O–H groups in total. The topological polar surface area (TPSA) is 29.5 Å². The van der Waals surface area contributed by atoms with E-state index in [1.54, 1.807) is 0 Å². The maximum Gasteiger partial charge on any atom is 0.257 e. The van der Waals surface area contributed by atoms with Crippen molar-refractivity contribution in [2.24, 2.45) is 5.92 Å². The van der Waals surface area contributed by atoms with Gasteiger partial charge in [0.15, 0.2) is 0 Å². The van der Waals surface area contributed by atoms with Gasteiger partial charge in [-0.2, -0.15) is 0 Å². The number of ether oxygens (including phenoxy) is 1. The van der Waals surface area contributed by atoms with Crippen molar-refractivity contribution in [1.29, 1.82) is 0 Å². The van der Waals surface area contributed by atoms with Crippen LogP contribution in [0.2, 0.25) is 0 Å². The van der Waals surface area contributed by atoms with Crippen LogP contribution in [-0.4, -0.2) is 36.6 Å². The number of hydrogen-bond acceptors (Lipinski definition) is 2. The van der Waals surface area contributed by atoms with Gasteiger partial charge in [-0.15, -0.1) is 0 Å². The van der Waals surface area contributed by atoms with Gasteiger partial charge in [0.05, 0.1) is 11.7 Å². The van der Waals surface area contributed by atoms with E-state index in [2.05, 4.69) is 0 Å². The fraction of sp³-hybridized carbons (Fsp3) is 0.533.